The van der Waals surface area contributed by atoms with E-state index in [1.807, 2.05) is 85.8 Å². The molecule has 3 rings (SSSR count). The molecule has 0 spiro atoms. The molecule has 0 aliphatic carbocycles. The molecule has 0 N–H and O–H groups in total. The molecule has 0 saturated carbocycles. The topological polar surface area (TPSA) is 38.8 Å². The second kappa shape index (κ2) is 10.3. The average molecular weight is 402 g/mol. The smallest absolute Gasteiger partial charge is 0.265 e. The zero-order valence-electron chi connectivity index (χ0n) is 17.5. The van der Waals surface area contributed by atoms with Gasteiger partial charge in [0, 0.05) is 5.69 Å². The third kappa shape index (κ3) is 5.51. The normalized spacial score (nSPS) is 10.3. The van der Waals surface area contributed by atoms with Crippen molar-refractivity contribution in [3.8, 4) is 11.5 Å². The van der Waals surface area contributed by atoms with Gasteiger partial charge in [-0.2, -0.15) is 0 Å². The highest BCUT2D eigenvalue weighted by atomic mass is 16.5. The van der Waals surface area contributed by atoms with Gasteiger partial charge < -0.3 is 14.4 Å². The van der Waals surface area contributed by atoms with Crippen LogP contribution in [0, 0.1) is 6.92 Å². The summed E-state index contributed by atoms with van der Waals surface area (Å²) in [6.45, 7) is 6.17. The molecule has 30 heavy (non-hydrogen) atoms. The molecule has 1 amide bonds. The summed E-state index contributed by atoms with van der Waals surface area (Å²) in [5.74, 6) is 1.02. The molecule has 3 aromatic rings. The summed E-state index contributed by atoms with van der Waals surface area (Å²) >= 11 is 0. The van der Waals surface area contributed by atoms with Crippen molar-refractivity contribution >= 4 is 11.6 Å². The molecule has 4 heteroatoms. The number of carbonyl (C=O) groups is 1. The molecule has 0 fully saturated rings. The van der Waals surface area contributed by atoms with Gasteiger partial charge in [-0.25, -0.2) is 0 Å². The molecule has 0 aliphatic heterocycles. The Morgan fingerprint density at radius 2 is 1.70 bits per heavy atom. The molecule has 154 valence electrons. The third-order valence-electron chi connectivity index (χ3n) is 4.79. The van der Waals surface area contributed by atoms with E-state index in [0.717, 1.165) is 28.8 Å². The highest BCUT2D eigenvalue weighted by Crippen LogP contribution is 2.28. The summed E-state index contributed by atoms with van der Waals surface area (Å²) < 4.78 is 11.3. The Kier molecular flexibility index (Phi) is 7.28. The van der Waals surface area contributed by atoms with Crippen molar-refractivity contribution in [1.82, 2.24) is 0 Å². The Hall–Kier alpha value is -3.53. The average Bonchev–Trinajstić information content (AvgIpc) is 2.78. The van der Waals surface area contributed by atoms with Gasteiger partial charge in [0.05, 0.1) is 13.7 Å². The molecule has 0 saturated heterocycles. The number of amides is 1. The molecule has 0 heterocycles. The van der Waals surface area contributed by atoms with Crippen LogP contribution < -0.4 is 14.4 Å². The molecular formula is C26H27NO3. The first-order valence-corrected chi connectivity index (χ1v) is 9.92. The van der Waals surface area contributed by atoms with Crippen molar-refractivity contribution in [2.45, 2.75) is 19.9 Å². The van der Waals surface area contributed by atoms with Crippen molar-refractivity contribution < 1.29 is 14.3 Å². The van der Waals surface area contributed by atoms with E-state index in [0.29, 0.717) is 18.0 Å². The lowest BCUT2D eigenvalue weighted by Gasteiger charge is -2.23. The van der Waals surface area contributed by atoms with Crippen LogP contribution in [0.5, 0.6) is 11.5 Å². The second-order valence-electron chi connectivity index (χ2n) is 7.07. The number of anilines is 1. The Labute approximate surface area is 178 Å². The van der Waals surface area contributed by atoms with Crippen molar-refractivity contribution in [3.63, 3.8) is 0 Å². The number of aryl methyl sites for hydroxylation is 1. The minimum atomic E-state index is -0.125. The SMILES string of the molecule is C=CCc1ccc(OCC(=O)N(Cc2ccccc2)c2ccc(C)cc2)c(OC)c1. The number of hydrogen-bond donors (Lipinski definition) is 0. The van der Waals surface area contributed by atoms with Crippen LogP contribution in [0.2, 0.25) is 0 Å². The van der Waals surface area contributed by atoms with Crippen LogP contribution in [0.15, 0.2) is 85.5 Å². The number of benzene rings is 3. The van der Waals surface area contributed by atoms with Crippen LogP contribution in [-0.4, -0.2) is 19.6 Å². The van der Waals surface area contributed by atoms with Crippen molar-refractivity contribution in [2.24, 2.45) is 0 Å². The molecule has 0 bridgehead atoms. The molecular weight excluding hydrogens is 374 g/mol. The number of nitrogens with zero attached hydrogens (tertiary/aromatic N) is 1. The summed E-state index contributed by atoms with van der Waals surface area (Å²) in [6, 6.07) is 23.5. The van der Waals surface area contributed by atoms with Crippen molar-refractivity contribution in [1.29, 1.82) is 0 Å². The molecule has 0 aromatic heterocycles. The summed E-state index contributed by atoms with van der Waals surface area (Å²) in [6.07, 6.45) is 2.58. The van der Waals surface area contributed by atoms with Crippen LogP contribution in [0.3, 0.4) is 0 Å². The van der Waals surface area contributed by atoms with Gasteiger partial charge in [0.25, 0.3) is 5.91 Å². The molecule has 3 aromatic carbocycles. The van der Waals surface area contributed by atoms with Crippen LogP contribution in [0.25, 0.3) is 0 Å². The van der Waals surface area contributed by atoms with Gasteiger partial charge in [-0.1, -0.05) is 60.2 Å². The Morgan fingerprint density at radius 3 is 2.37 bits per heavy atom. The van der Waals surface area contributed by atoms with Crippen LogP contribution in [0.1, 0.15) is 16.7 Å². The molecule has 0 atom stereocenters. The van der Waals surface area contributed by atoms with Gasteiger partial charge in [-0.05, 0) is 48.7 Å². The molecule has 4 nitrogen and oxygen atoms in total. The lowest BCUT2D eigenvalue weighted by molar-refractivity contribution is -0.120. The Bertz CT molecular complexity index is 981. The molecule has 0 unspecified atom stereocenters. The number of ether oxygens (including phenoxy) is 2. The fourth-order valence-electron chi connectivity index (χ4n) is 3.16. The van der Waals surface area contributed by atoms with E-state index < -0.39 is 0 Å². The monoisotopic (exact) mass is 401 g/mol. The first-order valence-electron chi connectivity index (χ1n) is 9.92. The maximum atomic E-state index is 13.1. The number of carbonyl (C=O) groups excluding carboxylic acids is 1. The Morgan fingerprint density at radius 1 is 0.967 bits per heavy atom. The summed E-state index contributed by atoms with van der Waals surface area (Å²) in [5.41, 5.74) is 4.11. The van der Waals surface area contributed by atoms with E-state index in [1.54, 1.807) is 12.0 Å². The van der Waals surface area contributed by atoms with E-state index in [-0.39, 0.29) is 12.5 Å². The zero-order valence-corrected chi connectivity index (χ0v) is 17.5. The van der Waals surface area contributed by atoms with E-state index in [2.05, 4.69) is 6.58 Å². The van der Waals surface area contributed by atoms with Crippen LogP contribution in [0.4, 0.5) is 5.69 Å². The number of allylic oxidation sites excluding steroid dienone is 1. The largest absolute Gasteiger partial charge is 0.493 e. The lowest BCUT2D eigenvalue weighted by Crippen LogP contribution is -2.34. The van der Waals surface area contributed by atoms with E-state index in [9.17, 15) is 4.79 Å². The predicted octanol–water partition coefficient (Wildman–Crippen LogP) is 5.34. The zero-order chi connectivity index (χ0) is 21.3. The van der Waals surface area contributed by atoms with Gasteiger partial charge in [-0.15, -0.1) is 6.58 Å². The maximum Gasteiger partial charge on any atom is 0.265 e. The van der Waals surface area contributed by atoms with Crippen molar-refractivity contribution in [3.05, 3.63) is 102 Å². The summed E-state index contributed by atoms with van der Waals surface area (Å²) in [7, 11) is 1.59. The number of hydrogen-bond acceptors (Lipinski definition) is 3. The predicted molar refractivity (Wildman–Crippen MR) is 121 cm³/mol. The van der Waals surface area contributed by atoms with E-state index in [4.69, 9.17) is 9.47 Å². The van der Waals surface area contributed by atoms with Gasteiger partial charge >= 0.3 is 0 Å². The minimum Gasteiger partial charge on any atom is -0.493 e. The quantitative estimate of drug-likeness (QED) is 0.454. The molecule has 0 aliphatic rings. The highest BCUT2D eigenvalue weighted by Gasteiger charge is 2.18. The fraction of sp³-hybridized carbons (Fsp3) is 0.192. The van der Waals surface area contributed by atoms with Gasteiger partial charge in [0.15, 0.2) is 18.1 Å². The van der Waals surface area contributed by atoms with Gasteiger partial charge in [-0.3, -0.25) is 4.79 Å². The van der Waals surface area contributed by atoms with Gasteiger partial charge in [0.1, 0.15) is 0 Å². The fourth-order valence-corrected chi connectivity index (χ4v) is 3.16. The first kappa shape index (κ1) is 21.2. The lowest BCUT2D eigenvalue weighted by atomic mass is 10.1. The summed E-state index contributed by atoms with van der Waals surface area (Å²) in [4.78, 5) is 14.9. The number of rotatable bonds is 9. The van der Waals surface area contributed by atoms with Crippen LogP contribution >= 0.6 is 0 Å². The highest BCUT2D eigenvalue weighted by molar-refractivity contribution is 5.94. The standard InChI is InChI=1S/C26H27NO3/c1-4-8-21-13-16-24(25(17-21)29-3)30-19-26(28)27(18-22-9-6-5-7-10-22)23-14-11-20(2)12-15-23/h4-7,9-17H,1,8,18-19H2,2-3H3. The van der Waals surface area contributed by atoms with E-state index in [1.165, 1.54) is 0 Å². The van der Waals surface area contributed by atoms with Gasteiger partial charge in [0.2, 0.25) is 0 Å². The Balaban J connectivity index is 1.78. The van der Waals surface area contributed by atoms with E-state index >= 15 is 0 Å². The van der Waals surface area contributed by atoms with Crippen LogP contribution in [-0.2, 0) is 17.8 Å². The number of methoxy groups -OCH3 is 1. The van der Waals surface area contributed by atoms with Crippen molar-refractivity contribution in [2.75, 3.05) is 18.6 Å². The minimum absolute atomic E-state index is 0.0854. The second-order valence-corrected chi connectivity index (χ2v) is 7.07. The summed E-state index contributed by atoms with van der Waals surface area (Å²) in [5, 5.41) is 0. The third-order valence-corrected chi connectivity index (χ3v) is 4.79. The maximum absolute atomic E-state index is 13.1. The first-order chi connectivity index (χ1) is 14.6. The molecule has 0 radical (unpaired) electrons.